The molecule has 0 spiro atoms. The van der Waals surface area contributed by atoms with Gasteiger partial charge in [0.25, 0.3) is 0 Å². The molecular formula is C16H19IN2O2. The lowest BCUT2D eigenvalue weighted by Crippen LogP contribution is -2.46. The minimum Gasteiger partial charge on any atom is -0.352 e. The fourth-order valence-electron chi connectivity index (χ4n) is 2.35. The minimum atomic E-state index is -0.571. The van der Waals surface area contributed by atoms with Crippen LogP contribution in [0.15, 0.2) is 36.4 Å². The Morgan fingerprint density at radius 1 is 1.29 bits per heavy atom. The van der Waals surface area contributed by atoms with Crippen molar-refractivity contribution in [1.82, 2.24) is 10.2 Å². The molecule has 0 bridgehead atoms. The van der Waals surface area contributed by atoms with E-state index >= 15 is 0 Å². The average molecular weight is 398 g/mol. The summed E-state index contributed by atoms with van der Waals surface area (Å²) in [6, 6.07) is 7.17. The van der Waals surface area contributed by atoms with E-state index in [9.17, 15) is 9.59 Å². The van der Waals surface area contributed by atoms with Crippen LogP contribution in [-0.4, -0.2) is 29.3 Å². The Balaban J connectivity index is 2.39. The predicted octanol–water partition coefficient (Wildman–Crippen LogP) is 2.65. The number of nitrogens with one attached hydrogen (secondary N) is 1. The number of carbonyl (C=O) groups excluding carboxylic acids is 2. The van der Waals surface area contributed by atoms with Crippen molar-refractivity contribution in [3.63, 3.8) is 0 Å². The van der Waals surface area contributed by atoms with Crippen LogP contribution in [0.25, 0.3) is 0 Å². The topological polar surface area (TPSA) is 49.4 Å². The van der Waals surface area contributed by atoms with Crippen LogP contribution in [-0.2, 0) is 9.59 Å². The highest BCUT2D eigenvalue weighted by Crippen LogP contribution is 2.27. The van der Waals surface area contributed by atoms with Gasteiger partial charge in [-0.2, -0.15) is 0 Å². The molecule has 1 aromatic rings. The number of halogens is 1. The Morgan fingerprint density at radius 2 is 2.00 bits per heavy atom. The van der Waals surface area contributed by atoms with E-state index in [1.54, 1.807) is 4.90 Å². The van der Waals surface area contributed by atoms with Crippen molar-refractivity contribution in [1.29, 1.82) is 0 Å². The summed E-state index contributed by atoms with van der Waals surface area (Å²) in [6.45, 7) is 4.31. The van der Waals surface area contributed by atoms with E-state index in [0.717, 1.165) is 9.13 Å². The summed E-state index contributed by atoms with van der Waals surface area (Å²) in [5.41, 5.74) is 0.875. The lowest BCUT2D eigenvalue weighted by Gasteiger charge is -2.33. The molecule has 1 heterocycles. The molecule has 2 rings (SSSR count). The summed E-state index contributed by atoms with van der Waals surface area (Å²) in [7, 11) is 0. The van der Waals surface area contributed by atoms with Gasteiger partial charge in [0, 0.05) is 22.6 Å². The Hall–Kier alpha value is -1.37. The van der Waals surface area contributed by atoms with Gasteiger partial charge in [-0.05, 0) is 48.1 Å². The van der Waals surface area contributed by atoms with Gasteiger partial charge in [-0.15, -0.1) is 0 Å². The fraction of sp³-hybridized carbons (Fsp3) is 0.375. The van der Waals surface area contributed by atoms with Crippen LogP contribution in [0, 0.1) is 3.57 Å². The SMILES string of the molecule is CC(C)NC(=O)C(c1ccccc1I)N1CC=CCC1=O. The highest BCUT2D eigenvalue weighted by molar-refractivity contribution is 14.1. The van der Waals surface area contributed by atoms with Crippen molar-refractivity contribution >= 4 is 34.4 Å². The lowest BCUT2D eigenvalue weighted by atomic mass is 10.0. The maximum Gasteiger partial charge on any atom is 0.247 e. The van der Waals surface area contributed by atoms with Crippen LogP contribution in [0.3, 0.4) is 0 Å². The monoisotopic (exact) mass is 398 g/mol. The van der Waals surface area contributed by atoms with Gasteiger partial charge in [-0.1, -0.05) is 30.4 Å². The summed E-state index contributed by atoms with van der Waals surface area (Å²) in [5.74, 6) is -0.140. The third kappa shape index (κ3) is 3.84. The number of rotatable bonds is 4. The second kappa shape index (κ2) is 7.06. The number of amides is 2. The summed E-state index contributed by atoms with van der Waals surface area (Å²) >= 11 is 2.21. The summed E-state index contributed by atoms with van der Waals surface area (Å²) < 4.78 is 0.987. The molecular weight excluding hydrogens is 379 g/mol. The Kier molecular flexibility index (Phi) is 5.39. The number of hydrogen-bond acceptors (Lipinski definition) is 2. The summed E-state index contributed by atoms with van der Waals surface area (Å²) in [5, 5.41) is 2.93. The molecule has 0 saturated carbocycles. The maximum atomic E-state index is 12.6. The molecule has 2 amide bonds. The molecule has 0 fully saturated rings. The van der Waals surface area contributed by atoms with Crippen LogP contribution in [0.1, 0.15) is 31.9 Å². The molecule has 1 aliphatic rings. The van der Waals surface area contributed by atoms with Crippen LogP contribution in [0.2, 0.25) is 0 Å². The van der Waals surface area contributed by atoms with Gasteiger partial charge in [0.1, 0.15) is 6.04 Å². The second-order valence-electron chi connectivity index (χ2n) is 5.31. The maximum absolute atomic E-state index is 12.6. The van der Waals surface area contributed by atoms with Crippen LogP contribution in [0.5, 0.6) is 0 Å². The van der Waals surface area contributed by atoms with E-state index in [4.69, 9.17) is 0 Å². The minimum absolute atomic E-state index is 0.0129. The Morgan fingerprint density at radius 3 is 2.62 bits per heavy atom. The first-order chi connectivity index (χ1) is 10.0. The zero-order valence-electron chi connectivity index (χ0n) is 12.2. The lowest BCUT2D eigenvalue weighted by molar-refractivity contribution is -0.140. The third-order valence-corrected chi connectivity index (χ3v) is 4.25. The van der Waals surface area contributed by atoms with Crippen LogP contribution in [0.4, 0.5) is 0 Å². The molecule has 112 valence electrons. The van der Waals surface area contributed by atoms with Gasteiger partial charge >= 0.3 is 0 Å². The average Bonchev–Trinajstić information content (AvgIpc) is 2.42. The van der Waals surface area contributed by atoms with Gasteiger partial charge < -0.3 is 10.2 Å². The quantitative estimate of drug-likeness (QED) is 0.627. The highest BCUT2D eigenvalue weighted by atomic mass is 127. The Bertz CT molecular complexity index is 569. The normalized spacial score (nSPS) is 16.2. The molecule has 4 nitrogen and oxygen atoms in total. The fourth-order valence-corrected chi connectivity index (χ4v) is 3.03. The molecule has 1 aromatic carbocycles. The van der Waals surface area contributed by atoms with Gasteiger partial charge in [-0.3, -0.25) is 9.59 Å². The van der Waals surface area contributed by atoms with Crippen molar-refractivity contribution in [2.75, 3.05) is 6.54 Å². The largest absolute Gasteiger partial charge is 0.352 e. The molecule has 0 aliphatic carbocycles. The van der Waals surface area contributed by atoms with Crippen LogP contribution >= 0.6 is 22.6 Å². The van der Waals surface area contributed by atoms with Crippen molar-refractivity contribution in [2.45, 2.75) is 32.4 Å². The number of hydrogen-bond donors (Lipinski definition) is 1. The number of nitrogens with zero attached hydrogens (tertiary/aromatic N) is 1. The van der Waals surface area contributed by atoms with Gasteiger partial charge in [0.15, 0.2) is 0 Å². The van der Waals surface area contributed by atoms with Crippen molar-refractivity contribution in [2.24, 2.45) is 0 Å². The Labute approximate surface area is 138 Å². The first-order valence-electron chi connectivity index (χ1n) is 7.00. The van der Waals surface area contributed by atoms with Gasteiger partial charge in [0.2, 0.25) is 11.8 Å². The van der Waals surface area contributed by atoms with E-state index in [-0.39, 0.29) is 17.9 Å². The highest BCUT2D eigenvalue weighted by Gasteiger charge is 2.32. The summed E-state index contributed by atoms with van der Waals surface area (Å²) in [6.07, 6.45) is 4.15. The van der Waals surface area contributed by atoms with E-state index in [1.807, 2.05) is 50.3 Å². The predicted molar refractivity (Wildman–Crippen MR) is 90.6 cm³/mol. The van der Waals surface area contributed by atoms with Crippen molar-refractivity contribution in [3.05, 3.63) is 45.6 Å². The molecule has 1 aliphatic heterocycles. The molecule has 0 radical (unpaired) electrons. The zero-order chi connectivity index (χ0) is 15.4. The van der Waals surface area contributed by atoms with Crippen molar-refractivity contribution < 1.29 is 9.59 Å². The first kappa shape index (κ1) is 16.0. The zero-order valence-corrected chi connectivity index (χ0v) is 14.3. The van der Waals surface area contributed by atoms with Gasteiger partial charge in [0.05, 0.1) is 0 Å². The summed E-state index contributed by atoms with van der Waals surface area (Å²) in [4.78, 5) is 26.5. The molecule has 5 heteroatoms. The van der Waals surface area contributed by atoms with E-state index in [0.29, 0.717) is 13.0 Å². The third-order valence-electron chi connectivity index (χ3n) is 3.27. The van der Waals surface area contributed by atoms with E-state index in [1.165, 1.54) is 0 Å². The molecule has 1 atom stereocenters. The first-order valence-corrected chi connectivity index (χ1v) is 8.08. The molecule has 0 aromatic heterocycles. The van der Waals surface area contributed by atoms with E-state index in [2.05, 4.69) is 27.9 Å². The van der Waals surface area contributed by atoms with Crippen molar-refractivity contribution in [3.8, 4) is 0 Å². The standard InChI is InChI=1S/C16H19IN2O2/c1-11(2)18-16(21)15(12-7-3-4-8-13(12)17)19-10-6-5-9-14(19)20/h3-8,11,15H,9-10H2,1-2H3,(H,18,21). The number of benzene rings is 1. The second-order valence-corrected chi connectivity index (χ2v) is 6.47. The molecule has 0 saturated heterocycles. The molecule has 21 heavy (non-hydrogen) atoms. The number of carbonyl (C=O) groups is 2. The molecule has 1 N–H and O–H groups in total. The molecule has 1 unspecified atom stereocenters. The van der Waals surface area contributed by atoms with E-state index < -0.39 is 6.04 Å². The van der Waals surface area contributed by atoms with Crippen LogP contribution < -0.4 is 5.32 Å². The smallest absolute Gasteiger partial charge is 0.247 e. The van der Waals surface area contributed by atoms with Gasteiger partial charge in [-0.25, -0.2) is 0 Å².